The molecule has 1 aromatic rings. The van der Waals surface area contributed by atoms with Gasteiger partial charge in [0.1, 0.15) is 5.69 Å². The van der Waals surface area contributed by atoms with Gasteiger partial charge in [-0.1, -0.05) is 32.1 Å². The molecular formula is C16H27N3O. The summed E-state index contributed by atoms with van der Waals surface area (Å²) in [7, 11) is 5.76. The van der Waals surface area contributed by atoms with Gasteiger partial charge in [0.15, 0.2) is 0 Å². The van der Waals surface area contributed by atoms with Crippen LogP contribution in [0.5, 0.6) is 5.88 Å². The summed E-state index contributed by atoms with van der Waals surface area (Å²) in [4.78, 5) is 6.38. The molecule has 2 rings (SSSR count). The molecule has 1 aliphatic carbocycles. The van der Waals surface area contributed by atoms with Gasteiger partial charge in [0.05, 0.1) is 12.8 Å². The van der Waals surface area contributed by atoms with Crippen molar-refractivity contribution in [1.82, 2.24) is 4.98 Å². The lowest BCUT2D eigenvalue weighted by atomic mass is 9.87. The number of anilines is 2. The second-order valence-corrected chi connectivity index (χ2v) is 5.83. The van der Waals surface area contributed by atoms with Crippen molar-refractivity contribution in [3.05, 3.63) is 12.3 Å². The number of hydrogen-bond acceptors (Lipinski definition) is 4. The van der Waals surface area contributed by atoms with Crippen LogP contribution in [0, 0.1) is 5.92 Å². The highest BCUT2D eigenvalue weighted by Crippen LogP contribution is 2.32. The van der Waals surface area contributed by atoms with Crippen molar-refractivity contribution in [1.29, 1.82) is 0 Å². The molecule has 0 spiro atoms. The minimum Gasteiger partial charge on any atom is -0.479 e. The fraction of sp³-hybridized carbons (Fsp3) is 0.688. The number of methoxy groups -OCH3 is 1. The molecule has 1 aromatic heterocycles. The Morgan fingerprint density at radius 2 is 2.05 bits per heavy atom. The lowest BCUT2D eigenvalue weighted by Crippen LogP contribution is -2.16. The zero-order chi connectivity index (χ0) is 14.4. The van der Waals surface area contributed by atoms with Crippen LogP contribution in [0.3, 0.4) is 0 Å². The number of hydrogen-bond donors (Lipinski definition) is 1. The summed E-state index contributed by atoms with van der Waals surface area (Å²) in [6, 6.07) is 2.02. The summed E-state index contributed by atoms with van der Waals surface area (Å²) >= 11 is 0. The molecule has 0 atom stereocenters. The lowest BCUT2D eigenvalue weighted by Gasteiger charge is -2.23. The zero-order valence-electron chi connectivity index (χ0n) is 13.0. The van der Waals surface area contributed by atoms with E-state index < -0.39 is 0 Å². The highest BCUT2D eigenvalue weighted by Gasteiger charge is 2.15. The van der Waals surface area contributed by atoms with Crippen LogP contribution in [0.4, 0.5) is 11.4 Å². The summed E-state index contributed by atoms with van der Waals surface area (Å²) in [5, 5.41) is 3.53. The number of aromatic nitrogens is 1. The van der Waals surface area contributed by atoms with Crippen molar-refractivity contribution in [3.8, 4) is 5.88 Å². The lowest BCUT2D eigenvalue weighted by molar-refractivity contribution is 0.345. The molecule has 0 bridgehead atoms. The van der Waals surface area contributed by atoms with E-state index in [1.165, 1.54) is 38.5 Å². The predicted octanol–water partition coefficient (Wildman–Crippen LogP) is 3.54. The smallest absolute Gasteiger partial charge is 0.239 e. The van der Waals surface area contributed by atoms with Gasteiger partial charge in [0, 0.05) is 26.8 Å². The van der Waals surface area contributed by atoms with Crippen LogP contribution in [-0.4, -0.2) is 32.7 Å². The van der Waals surface area contributed by atoms with Crippen LogP contribution < -0.4 is 15.0 Å². The van der Waals surface area contributed by atoms with E-state index in [1.807, 2.05) is 20.2 Å². The van der Waals surface area contributed by atoms with Crippen LogP contribution in [0.25, 0.3) is 0 Å². The Kier molecular flexibility index (Phi) is 5.50. The molecule has 0 aliphatic heterocycles. The summed E-state index contributed by atoms with van der Waals surface area (Å²) in [5.41, 5.74) is 2.14. The Labute approximate surface area is 122 Å². The third-order valence-corrected chi connectivity index (χ3v) is 4.15. The molecule has 0 saturated heterocycles. The molecule has 1 heterocycles. The number of rotatable bonds is 6. The third-order valence-electron chi connectivity index (χ3n) is 4.15. The van der Waals surface area contributed by atoms with Gasteiger partial charge in [-0.25, -0.2) is 4.98 Å². The van der Waals surface area contributed by atoms with E-state index >= 15 is 0 Å². The molecule has 0 amide bonds. The van der Waals surface area contributed by atoms with Gasteiger partial charge in [-0.05, 0) is 18.4 Å². The van der Waals surface area contributed by atoms with Gasteiger partial charge in [-0.15, -0.1) is 0 Å². The first-order valence-corrected chi connectivity index (χ1v) is 7.66. The maximum Gasteiger partial charge on any atom is 0.239 e. The molecule has 0 radical (unpaired) electrons. The van der Waals surface area contributed by atoms with Crippen molar-refractivity contribution in [2.75, 3.05) is 38.0 Å². The third kappa shape index (κ3) is 3.78. The van der Waals surface area contributed by atoms with Crippen LogP contribution >= 0.6 is 0 Å². The Morgan fingerprint density at radius 3 is 2.70 bits per heavy atom. The van der Waals surface area contributed by atoms with Crippen LogP contribution in [-0.2, 0) is 0 Å². The molecule has 20 heavy (non-hydrogen) atoms. The molecule has 112 valence electrons. The molecule has 0 unspecified atom stereocenters. The van der Waals surface area contributed by atoms with E-state index in [0.29, 0.717) is 5.88 Å². The standard InChI is InChI=1S/C16H27N3O/c1-19(2)14-10-12-18-16(20-3)15(14)17-11-9-13-7-5-4-6-8-13/h10,12-13,17H,4-9,11H2,1-3H3. The van der Waals surface area contributed by atoms with E-state index in [-0.39, 0.29) is 0 Å². The topological polar surface area (TPSA) is 37.4 Å². The fourth-order valence-corrected chi connectivity index (χ4v) is 3.00. The monoisotopic (exact) mass is 277 g/mol. The normalized spacial score (nSPS) is 15.9. The van der Waals surface area contributed by atoms with Crippen molar-refractivity contribution in [3.63, 3.8) is 0 Å². The van der Waals surface area contributed by atoms with E-state index in [9.17, 15) is 0 Å². The average molecular weight is 277 g/mol. The van der Waals surface area contributed by atoms with Gasteiger partial charge >= 0.3 is 0 Å². The van der Waals surface area contributed by atoms with E-state index in [2.05, 4.69) is 15.2 Å². The number of nitrogens with zero attached hydrogens (tertiary/aromatic N) is 2. The summed E-state index contributed by atoms with van der Waals surface area (Å²) in [5.74, 6) is 1.57. The molecule has 1 fully saturated rings. The molecule has 1 N–H and O–H groups in total. The Morgan fingerprint density at radius 1 is 1.30 bits per heavy atom. The number of pyridine rings is 1. The maximum absolute atomic E-state index is 5.38. The van der Waals surface area contributed by atoms with Gasteiger partial charge in [0.2, 0.25) is 5.88 Å². The molecular weight excluding hydrogens is 250 g/mol. The summed E-state index contributed by atoms with van der Waals surface area (Å²) < 4.78 is 5.38. The average Bonchev–Trinajstić information content (AvgIpc) is 2.48. The Bertz CT molecular complexity index is 414. The van der Waals surface area contributed by atoms with E-state index in [0.717, 1.165) is 23.8 Å². The largest absolute Gasteiger partial charge is 0.479 e. The molecule has 4 heteroatoms. The first kappa shape index (κ1) is 14.9. The van der Waals surface area contributed by atoms with Crippen LogP contribution in [0.15, 0.2) is 12.3 Å². The van der Waals surface area contributed by atoms with Crippen LogP contribution in [0.2, 0.25) is 0 Å². The first-order valence-electron chi connectivity index (χ1n) is 7.66. The Balaban J connectivity index is 1.96. The fourth-order valence-electron chi connectivity index (χ4n) is 3.00. The van der Waals surface area contributed by atoms with Crippen molar-refractivity contribution >= 4 is 11.4 Å². The Hall–Kier alpha value is -1.45. The minimum absolute atomic E-state index is 0.680. The first-order chi connectivity index (χ1) is 9.72. The predicted molar refractivity (Wildman–Crippen MR) is 84.8 cm³/mol. The quantitative estimate of drug-likeness (QED) is 0.863. The van der Waals surface area contributed by atoms with E-state index in [4.69, 9.17) is 4.74 Å². The number of nitrogens with one attached hydrogen (secondary N) is 1. The molecule has 1 saturated carbocycles. The van der Waals surface area contributed by atoms with Crippen molar-refractivity contribution in [2.24, 2.45) is 5.92 Å². The van der Waals surface area contributed by atoms with Gasteiger partial charge in [-0.3, -0.25) is 0 Å². The SMILES string of the molecule is COc1nccc(N(C)C)c1NCCC1CCCCC1. The van der Waals surface area contributed by atoms with Gasteiger partial charge < -0.3 is 15.0 Å². The summed E-state index contributed by atoms with van der Waals surface area (Å²) in [6.07, 6.45) is 10.1. The second kappa shape index (κ2) is 7.36. The minimum atomic E-state index is 0.680. The van der Waals surface area contributed by atoms with E-state index in [1.54, 1.807) is 13.3 Å². The highest BCUT2D eigenvalue weighted by atomic mass is 16.5. The van der Waals surface area contributed by atoms with Crippen molar-refractivity contribution in [2.45, 2.75) is 38.5 Å². The maximum atomic E-state index is 5.38. The molecule has 0 aromatic carbocycles. The van der Waals surface area contributed by atoms with Gasteiger partial charge in [-0.2, -0.15) is 0 Å². The summed E-state index contributed by atoms with van der Waals surface area (Å²) in [6.45, 7) is 0.994. The van der Waals surface area contributed by atoms with Gasteiger partial charge in [0.25, 0.3) is 0 Å². The number of ether oxygens (including phenoxy) is 1. The zero-order valence-corrected chi connectivity index (χ0v) is 13.0. The van der Waals surface area contributed by atoms with Crippen molar-refractivity contribution < 1.29 is 4.74 Å². The highest BCUT2D eigenvalue weighted by molar-refractivity contribution is 5.74. The van der Waals surface area contributed by atoms with Crippen LogP contribution in [0.1, 0.15) is 38.5 Å². The molecule has 1 aliphatic rings. The molecule has 4 nitrogen and oxygen atoms in total. The second-order valence-electron chi connectivity index (χ2n) is 5.83.